The van der Waals surface area contributed by atoms with Crippen molar-refractivity contribution in [1.29, 1.82) is 0 Å². The predicted octanol–water partition coefficient (Wildman–Crippen LogP) is -2.02. The molecule has 9 N–H and O–H groups in total. The molecule has 36 heteroatoms. The Hall–Kier alpha value is -9.18. The smallest absolute Gasteiger partial charge is 0.497 e. The lowest BCUT2D eigenvalue weighted by molar-refractivity contribution is -0.274. The Morgan fingerprint density at radius 1 is 0.484 bits per heavy atom. The molecule has 9 heterocycles. The van der Waals surface area contributed by atoms with Crippen LogP contribution in [0.15, 0.2) is 134 Å². The molecule has 0 amide bonds. The monoisotopic (exact) mass is 1290 g/mol. The average Bonchev–Trinajstić information content (AvgIpc) is 1.84. The van der Waals surface area contributed by atoms with Crippen molar-refractivity contribution in [2.24, 2.45) is 0 Å². The van der Waals surface area contributed by atoms with E-state index in [1.165, 1.54) is 32.7 Å². The number of hydrogen-bond donors (Lipinski definition) is 9. The van der Waals surface area contributed by atoms with E-state index < -0.39 is 146 Å². The second-order valence-electron chi connectivity index (χ2n) is 20.3. The Balaban J connectivity index is 0.000000161. The third-order valence-corrected chi connectivity index (χ3v) is 14.8. The van der Waals surface area contributed by atoms with E-state index in [2.05, 4.69) is 20.2 Å². The summed E-state index contributed by atoms with van der Waals surface area (Å²) in [5.41, 5.74) is -2.80. The molecule has 3 aliphatic rings. The van der Waals surface area contributed by atoms with Crippen molar-refractivity contribution in [2.75, 3.05) is 34.0 Å². The van der Waals surface area contributed by atoms with Crippen molar-refractivity contribution in [2.45, 2.75) is 107 Å². The Morgan fingerprint density at radius 2 is 0.901 bits per heavy atom. The number of benzene rings is 3. The number of nitrogens with zero attached hydrogens (tertiary/aromatic N) is 9. The minimum atomic E-state index is -4.89. The standard InChI is InChI=1S/C18H16F3N3O8.2C18H19N3O8.CH4/c19-18(20,21)31-8-1-2-9-10(22-32-11(9)5-8)6-24-13(26)3-4-23(17(24)29)16-15(28)14(27)12(7-25)30-16;1-27-9-2-3-12-10(6-9)11(19-29-12)7-21-14(23)4-5-20(18(21)26)17-16(25)15(24)13(8-22)28-17;1-27-11-4-2-3-9-10(19-29-16(9)11)7-21-13(23)5-6-20(18(21)26)17-15(25)14(24)12(8-22)28-17;/h1-5,12,14-16,25,27-28H,6-7H2;2-6,13,15-17,22,24-25H,7-8H2,1H3;2-6,12,14-15,17,22,24-25H,7-8H2,1H3;1H4/t12-,14+,15?,16-;13-,15+,16?,17-;12-,14+,15?,17-;/m111./s1. The zero-order valence-electron chi connectivity index (χ0n) is 46.6. The molecule has 3 aromatic carbocycles. The van der Waals surface area contributed by atoms with Crippen LogP contribution in [0, 0.1) is 0 Å². The van der Waals surface area contributed by atoms with Gasteiger partial charge in [-0.3, -0.25) is 41.8 Å². The van der Waals surface area contributed by atoms with Crippen LogP contribution in [0.1, 0.15) is 43.2 Å². The van der Waals surface area contributed by atoms with E-state index in [0.29, 0.717) is 44.8 Å². The third-order valence-electron chi connectivity index (χ3n) is 14.8. The fourth-order valence-corrected chi connectivity index (χ4v) is 10.1. The van der Waals surface area contributed by atoms with Crippen LogP contribution in [0.5, 0.6) is 17.2 Å². The molecule has 12 atom stereocenters. The van der Waals surface area contributed by atoms with Gasteiger partial charge in [0.15, 0.2) is 35.6 Å². The fourth-order valence-electron chi connectivity index (χ4n) is 10.1. The number of aliphatic hydroxyl groups excluding tert-OH is 9. The quantitative estimate of drug-likeness (QED) is 0.0535. The molecule has 488 valence electrons. The largest absolute Gasteiger partial charge is 0.573 e. The molecule has 12 rings (SSSR count). The summed E-state index contributed by atoms with van der Waals surface area (Å²) in [5.74, 6) is 0.494. The summed E-state index contributed by atoms with van der Waals surface area (Å²) in [7, 11) is 2.99. The van der Waals surface area contributed by atoms with Gasteiger partial charge in [-0.25, -0.2) is 14.4 Å². The minimum absolute atomic E-state index is 0. The molecular weight excluding hydrogens is 1230 g/mol. The Labute approximate surface area is 505 Å². The SMILES string of the molecule is C.COc1ccc2onc(Cn3c(=O)ccn([C@@H]4O[C@H](CO)[C@H](O)C4O)c3=O)c2c1.COc1cccc2c(Cn3c(=O)ccn([C@@H]4O[C@H](CO)[C@H](O)C4O)c3=O)noc12.O=c1ccn([C@@H]2O[C@H](CO)[C@H](O)C2O)c(=O)n1Cc1noc2cc(OC(F)(F)F)ccc12. The zero-order valence-corrected chi connectivity index (χ0v) is 46.6. The van der Waals surface area contributed by atoms with Crippen molar-refractivity contribution >= 4 is 32.9 Å². The lowest BCUT2D eigenvalue weighted by atomic mass is 10.1. The summed E-state index contributed by atoms with van der Waals surface area (Å²) in [6.45, 7) is -2.44. The van der Waals surface area contributed by atoms with Crippen LogP contribution < -0.4 is 48.0 Å². The summed E-state index contributed by atoms with van der Waals surface area (Å²) < 4.78 is 88.4. The first kappa shape index (κ1) is 66.2. The molecule has 0 radical (unpaired) electrons. The van der Waals surface area contributed by atoms with E-state index in [1.807, 2.05) is 0 Å². The molecule has 91 heavy (non-hydrogen) atoms. The average molecular weight is 1290 g/mol. The number of methoxy groups -OCH3 is 2. The highest BCUT2D eigenvalue weighted by Gasteiger charge is 2.46. The maximum Gasteiger partial charge on any atom is 0.573 e. The van der Waals surface area contributed by atoms with Crippen LogP contribution >= 0.6 is 0 Å². The van der Waals surface area contributed by atoms with Crippen LogP contribution in [-0.4, -0.2) is 184 Å². The van der Waals surface area contributed by atoms with Crippen LogP contribution in [0.25, 0.3) is 32.9 Å². The normalized spacial score (nSPS) is 23.8. The first-order chi connectivity index (χ1) is 43.0. The highest BCUT2D eigenvalue weighted by molar-refractivity contribution is 5.85. The predicted molar refractivity (Wildman–Crippen MR) is 300 cm³/mol. The van der Waals surface area contributed by atoms with Gasteiger partial charge < -0.3 is 87.9 Å². The van der Waals surface area contributed by atoms with Gasteiger partial charge in [0.1, 0.15) is 83.5 Å². The first-order valence-electron chi connectivity index (χ1n) is 26.8. The van der Waals surface area contributed by atoms with E-state index in [-0.39, 0.29) is 37.2 Å². The Bertz CT molecular complexity index is 4330. The lowest BCUT2D eigenvalue weighted by Gasteiger charge is -2.18. The van der Waals surface area contributed by atoms with Gasteiger partial charge in [-0.1, -0.05) is 29.0 Å². The first-order valence-corrected chi connectivity index (χ1v) is 26.8. The van der Waals surface area contributed by atoms with E-state index in [4.69, 9.17) is 37.3 Å². The Morgan fingerprint density at radius 3 is 1.32 bits per heavy atom. The summed E-state index contributed by atoms with van der Waals surface area (Å²) in [4.78, 5) is 75.7. The molecule has 3 fully saturated rings. The highest BCUT2D eigenvalue weighted by Crippen LogP contribution is 2.33. The van der Waals surface area contributed by atoms with Crippen molar-refractivity contribution in [3.63, 3.8) is 0 Å². The number of aliphatic hydroxyl groups is 9. The topological polar surface area (TPSA) is 448 Å². The van der Waals surface area contributed by atoms with E-state index in [0.717, 1.165) is 63.9 Å². The van der Waals surface area contributed by atoms with Gasteiger partial charge in [0, 0.05) is 48.2 Å². The number of alkyl halides is 3. The molecule has 0 bridgehead atoms. The van der Waals surface area contributed by atoms with Gasteiger partial charge in [0.25, 0.3) is 16.7 Å². The number of rotatable bonds is 15. The molecule has 3 unspecified atom stereocenters. The number of halogens is 3. The number of hydrogen-bond acceptors (Lipinski definition) is 27. The van der Waals surface area contributed by atoms with Gasteiger partial charge in [-0.05, 0) is 42.5 Å². The summed E-state index contributed by atoms with van der Waals surface area (Å²) in [6, 6.07) is 16.7. The second kappa shape index (κ2) is 27.1. The van der Waals surface area contributed by atoms with Gasteiger partial charge in [0.05, 0.1) is 64.4 Å². The molecule has 9 aromatic rings. The Kier molecular flexibility index (Phi) is 19.7. The number of fused-ring (bicyclic) bond motifs is 3. The summed E-state index contributed by atoms with van der Waals surface area (Å²) in [5, 5.41) is 101. The maximum atomic E-state index is 12.9. The van der Waals surface area contributed by atoms with Gasteiger partial charge in [-0.2, -0.15) is 0 Å². The van der Waals surface area contributed by atoms with Crippen molar-refractivity contribution < 1.29 is 101 Å². The lowest BCUT2D eigenvalue weighted by Crippen LogP contribution is -2.43. The second-order valence-corrected chi connectivity index (χ2v) is 20.3. The molecule has 33 nitrogen and oxygen atoms in total. The van der Waals surface area contributed by atoms with E-state index >= 15 is 0 Å². The fraction of sp³-hybridized carbons (Fsp3) is 0.400. The van der Waals surface area contributed by atoms with Crippen molar-refractivity contribution in [1.82, 2.24) is 42.9 Å². The summed E-state index contributed by atoms with van der Waals surface area (Å²) >= 11 is 0. The molecule has 0 saturated carbocycles. The van der Waals surface area contributed by atoms with Crippen molar-refractivity contribution in [3.8, 4) is 17.2 Å². The number of ether oxygens (including phenoxy) is 6. The van der Waals surface area contributed by atoms with E-state index in [9.17, 15) is 87.9 Å². The van der Waals surface area contributed by atoms with E-state index in [1.54, 1.807) is 36.4 Å². The highest BCUT2D eigenvalue weighted by atomic mass is 19.4. The maximum absolute atomic E-state index is 12.9. The number of para-hydroxylation sites is 1. The third kappa shape index (κ3) is 13.1. The zero-order chi connectivity index (χ0) is 64.6. The van der Waals surface area contributed by atoms with Gasteiger partial charge >= 0.3 is 23.4 Å². The molecule has 6 aromatic heterocycles. The molecule has 3 saturated heterocycles. The van der Waals surface area contributed by atoms with Crippen LogP contribution in [0.4, 0.5) is 13.2 Å². The molecule has 3 aliphatic heterocycles. The number of aromatic nitrogens is 9. The minimum Gasteiger partial charge on any atom is -0.497 e. The van der Waals surface area contributed by atoms with Crippen molar-refractivity contribution in [3.05, 3.63) is 171 Å². The van der Waals surface area contributed by atoms with Gasteiger partial charge in [0.2, 0.25) is 5.58 Å². The van der Waals surface area contributed by atoms with Crippen LogP contribution in [0.2, 0.25) is 0 Å². The van der Waals surface area contributed by atoms with Crippen LogP contribution in [0.3, 0.4) is 0 Å². The summed E-state index contributed by atoms with van der Waals surface area (Å²) in [6.07, 6.45) is -17.2. The molecule has 0 aliphatic carbocycles. The van der Waals surface area contributed by atoms with Gasteiger partial charge in [-0.15, -0.1) is 13.2 Å². The van der Waals surface area contributed by atoms with Crippen LogP contribution in [-0.2, 0) is 33.8 Å². The molecule has 0 spiro atoms. The molecular formula is C55H58F3N9O24.